The van der Waals surface area contributed by atoms with Crippen molar-refractivity contribution in [3.05, 3.63) is 77.9 Å². The standard InChI is InChI=1S/C32H39N2O6S/c1-22(35)40-30-31(24-12-14-25(37-4)15-13-24)41-29-10-8-7-9-26(29)33(32(30)36)18-20-34(2,3)19-17-23-11-16-27(38-5)28(21-23)39-6/h7-16,21,30-31H,17-20H2,1-6H3/q+1. The van der Waals surface area contributed by atoms with E-state index in [1.165, 1.54) is 6.92 Å². The van der Waals surface area contributed by atoms with E-state index in [0.717, 1.165) is 40.4 Å². The average Bonchev–Trinajstić information content (AvgIpc) is 3.08. The van der Waals surface area contributed by atoms with Crippen molar-refractivity contribution in [3.8, 4) is 17.2 Å². The number of likely N-dealkylation sites (N-methyl/N-ethyl adjacent to an activating group) is 1. The number of quaternary nitrogens is 1. The number of methoxy groups -OCH3 is 3. The molecule has 1 aliphatic heterocycles. The van der Waals surface area contributed by atoms with Crippen LogP contribution in [0.3, 0.4) is 0 Å². The number of rotatable bonds is 11. The Bertz CT molecular complexity index is 1360. The number of ether oxygens (including phenoxy) is 4. The maximum atomic E-state index is 14.2. The fourth-order valence-corrected chi connectivity index (χ4v) is 6.21. The summed E-state index contributed by atoms with van der Waals surface area (Å²) in [4.78, 5) is 29.1. The van der Waals surface area contributed by atoms with Crippen LogP contribution in [-0.4, -0.2) is 77.5 Å². The molecule has 41 heavy (non-hydrogen) atoms. The quantitative estimate of drug-likeness (QED) is 0.230. The highest BCUT2D eigenvalue weighted by molar-refractivity contribution is 7.99. The second-order valence-corrected chi connectivity index (χ2v) is 11.8. The van der Waals surface area contributed by atoms with Crippen LogP contribution in [0.15, 0.2) is 71.6 Å². The zero-order valence-electron chi connectivity index (χ0n) is 24.6. The van der Waals surface area contributed by atoms with E-state index in [1.807, 2.05) is 60.7 Å². The van der Waals surface area contributed by atoms with Gasteiger partial charge in [0.2, 0.25) is 0 Å². The molecule has 3 aromatic carbocycles. The van der Waals surface area contributed by atoms with E-state index in [4.69, 9.17) is 18.9 Å². The van der Waals surface area contributed by atoms with Crippen molar-refractivity contribution < 1.29 is 33.0 Å². The zero-order chi connectivity index (χ0) is 29.6. The van der Waals surface area contributed by atoms with Crippen LogP contribution in [0, 0.1) is 0 Å². The molecule has 0 aromatic heterocycles. The maximum absolute atomic E-state index is 14.2. The lowest BCUT2D eigenvalue weighted by molar-refractivity contribution is -0.888. The third-order valence-corrected chi connectivity index (χ3v) is 8.69. The Morgan fingerprint density at radius 3 is 2.27 bits per heavy atom. The molecule has 2 unspecified atom stereocenters. The van der Waals surface area contributed by atoms with Crippen LogP contribution in [0.4, 0.5) is 5.69 Å². The summed E-state index contributed by atoms with van der Waals surface area (Å²) in [6.07, 6.45) is -0.135. The molecule has 1 aliphatic rings. The molecular weight excluding hydrogens is 540 g/mol. The van der Waals surface area contributed by atoms with Gasteiger partial charge >= 0.3 is 5.97 Å². The van der Waals surface area contributed by atoms with Crippen LogP contribution in [0.2, 0.25) is 0 Å². The summed E-state index contributed by atoms with van der Waals surface area (Å²) in [6.45, 7) is 3.38. The molecule has 218 valence electrons. The molecule has 0 bridgehead atoms. The van der Waals surface area contributed by atoms with Crippen molar-refractivity contribution in [1.82, 2.24) is 0 Å². The molecular formula is C32H39N2O6S+. The molecule has 0 radical (unpaired) electrons. The molecule has 0 N–H and O–H groups in total. The first-order valence-corrected chi connectivity index (χ1v) is 14.4. The monoisotopic (exact) mass is 579 g/mol. The van der Waals surface area contributed by atoms with Crippen LogP contribution < -0.4 is 19.1 Å². The number of carbonyl (C=O) groups excluding carboxylic acids is 2. The van der Waals surface area contributed by atoms with Crippen LogP contribution in [0.1, 0.15) is 23.3 Å². The number of nitrogens with zero attached hydrogens (tertiary/aromatic N) is 2. The van der Waals surface area contributed by atoms with Gasteiger partial charge in [-0.05, 0) is 47.5 Å². The highest BCUT2D eigenvalue weighted by Gasteiger charge is 2.41. The van der Waals surface area contributed by atoms with Crippen molar-refractivity contribution >= 4 is 29.3 Å². The number of anilines is 1. The van der Waals surface area contributed by atoms with Gasteiger partial charge in [-0.25, -0.2) is 0 Å². The van der Waals surface area contributed by atoms with Gasteiger partial charge in [-0.1, -0.05) is 30.3 Å². The molecule has 0 fully saturated rings. The summed E-state index contributed by atoms with van der Waals surface area (Å²) in [7, 11) is 9.20. The smallest absolute Gasteiger partial charge is 0.303 e. The fourth-order valence-electron chi connectivity index (χ4n) is 4.89. The van der Waals surface area contributed by atoms with Crippen LogP contribution >= 0.6 is 11.8 Å². The Hall–Kier alpha value is -3.69. The average molecular weight is 580 g/mol. The SMILES string of the molecule is COc1ccc(C2Sc3ccccc3N(CC[N+](C)(C)CCc3ccc(OC)c(OC)c3)C(=O)C2OC(C)=O)cc1. The summed E-state index contributed by atoms with van der Waals surface area (Å²) in [5.74, 6) is 1.43. The van der Waals surface area contributed by atoms with E-state index in [0.29, 0.717) is 29.1 Å². The lowest BCUT2D eigenvalue weighted by Gasteiger charge is -2.34. The number of esters is 1. The Kier molecular flexibility index (Phi) is 9.83. The molecule has 4 rings (SSSR count). The van der Waals surface area contributed by atoms with Gasteiger partial charge in [-0.15, -0.1) is 11.8 Å². The number of hydrogen-bond donors (Lipinski definition) is 0. The largest absolute Gasteiger partial charge is 0.497 e. The number of carbonyl (C=O) groups is 2. The molecule has 0 spiro atoms. The third-order valence-electron chi connectivity index (χ3n) is 7.31. The van der Waals surface area contributed by atoms with E-state index in [2.05, 4.69) is 20.2 Å². The second-order valence-electron chi connectivity index (χ2n) is 10.6. The number of benzene rings is 3. The number of thioether (sulfide) groups is 1. The highest BCUT2D eigenvalue weighted by Crippen LogP contribution is 2.47. The summed E-state index contributed by atoms with van der Waals surface area (Å²) in [5, 5.41) is -0.406. The Balaban J connectivity index is 1.56. The van der Waals surface area contributed by atoms with Gasteiger partial charge in [0.15, 0.2) is 17.6 Å². The van der Waals surface area contributed by atoms with Gasteiger partial charge in [-0.2, -0.15) is 0 Å². The molecule has 2 atom stereocenters. The van der Waals surface area contributed by atoms with Gasteiger partial charge in [0.05, 0.1) is 66.0 Å². The van der Waals surface area contributed by atoms with Crippen molar-refractivity contribution in [2.75, 3.05) is 60.0 Å². The summed E-state index contributed by atoms with van der Waals surface area (Å²) < 4.78 is 22.6. The van der Waals surface area contributed by atoms with Crippen molar-refractivity contribution in [2.45, 2.75) is 29.6 Å². The number of fused-ring (bicyclic) bond motifs is 1. The minimum absolute atomic E-state index is 0.224. The lowest BCUT2D eigenvalue weighted by atomic mass is 10.1. The normalized spacial score (nSPS) is 16.9. The minimum Gasteiger partial charge on any atom is -0.497 e. The Labute approximate surface area is 246 Å². The van der Waals surface area contributed by atoms with Gasteiger partial charge in [0.25, 0.3) is 5.91 Å². The molecule has 8 nitrogen and oxygen atoms in total. The summed E-state index contributed by atoms with van der Waals surface area (Å²) in [5.41, 5.74) is 2.87. The predicted molar refractivity (Wildman–Crippen MR) is 161 cm³/mol. The van der Waals surface area contributed by atoms with E-state index in [-0.39, 0.29) is 5.91 Å². The number of hydrogen-bond acceptors (Lipinski definition) is 7. The van der Waals surface area contributed by atoms with E-state index in [9.17, 15) is 9.59 Å². The van der Waals surface area contributed by atoms with E-state index < -0.39 is 17.3 Å². The zero-order valence-corrected chi connectivity index (χ0v) is 25.4. The minimum atomic E-state index is -0.972. The van der Waals surface area contributed by atoms with E-state index in [1.54, 1.807) is 38.0 Å². The first-order valence-electron chi connectivity index (χ1n) is 13.6. The third kappa shape index (κ3) is 7.34. The number of amides is 1. The summed E-state index contributed by atoms with van der Waals surface area (Å²) >= 11 is 1.54. The molecule has 0 aliphatic carbocycles. The first kappa shape index (κ1) is 30.3. The molecule has 0 saturated heterocycles. The Morgan fingerprint density at radius 1 is 0.902 bits per heavy atom. The Morgan fingerprint density at radius 2 is 1.61 bits per heavy atom. The van der Waals surface area contributed by atoms with Gasteiger partial charge in [-0.3, -0.25) is 9.59 Å². The number of para-hydroxylation sites is 1. The maximum Gasteiger partial charge on any atom is 0.303 e. The second kappa shape index (κ2) is 13.3. The first-order chi connectivity index (χ1) is 19.7. The lowest BCUT2D eigenvalue weighted by Crippen LogP contribution is -2.50. The van der Waals surface area contributed by atoms with Crippen LogP contribution in [0.5, 0.6) is 17.2 Å². The molecule has 1 heterocycles. The van der Waals surface area contributed by atoms with Crippen LogP contribution in [0.25, 0.3) is 0 Å². The summed E-state index contributed by atoms with van der Waals surface area (Å²) in [6, 6.07) is 21.4. The van der Waals surface area contributed by atoms with Gasteiger partial charge in [0.1, 0.15) is 5.75 Å². The van der Waals surface area contributed by atoms with Gasteiger partial charge < -0.3 is 28.3 Å². The highest BCUT2D eigenvalue weighted by atomic mass is 32.2. The van der Waals surface area contributed by atoms with Crippen molar-refractivity contribution in [2.24, 2.45) is 0 Å². The molecule has 1 amide bonds. The predicted octanol–water partition coefficient (Wildman–Crippen LogP) is 5.14. The topological polar surface area (TPSA) is 74.3 Å². The molecule has 9 heteroatoms. The van der Waals surface area contributed by atoms with Gasteiger partial charge in [0, 0.05) is 18.2 Å². The van der Waals surface area contributed by atoms with Crippen LogP contribution in [-0.2, 0) is 20.7 Å². The van der Waals surface area contributed by atoms with E-state index >= 15 is 0 Å². The fraction of sp³-hybridized carbons (Fsp3) is 0.375. The van der Waals surface area contributed by atoms with Crippen molar-refractivity contribution in [3.63, 3.8) is 0 Å². The molecule has 3 aromatic rings. The molecule has 0 saturated carbocycles. The van der Waals surface area contributed by atoms with Crippen molar-refractivity contribution in [1.29, 1.82) is 0 Å².